The Hall–Kier alpha value is -2.65. The minimum absolute atomic E-state index is 0.000971. The molecule has 0 fully saturated rings. The van der Waals surface area contributed by atoms with Crippen LogP contribution in [0.4, 0.5) is 15.8 Å². The van der Waals surface area contributed by atoms with Crippen molar-refractivity contribution in [2.45, 2.75) is 24.7 Å². The maximum atomic E-state index is 14.0. The molecule has 0 atom stereocenters. The van der Waals surface area contributed by atoms with E-state index in [2.05, 4.69) is 4.72 Å². The van der Waals surface area contributed by atoms with E-state index in [1.165, 1.54) is 19.2 Å². The van der Waals surface area contributed by atoms with E-state index in [9.17, 15) is 17.6 Å². The summed E-state index contributed by atoms with van der Waals surface area (Å²) >= 11 is 0. The van der Waals surface area contributed by atoms with Gasteiger partial charge in [-0.15, -0.1) is 0 Å². The molecule has 2 aromatic carbocycles. The van der Waals surface area contributed by atoms with Gasteiger partial charge in [-0.3, -0.25) is 9.52 Å². The molecule has 0 aromatic heterocycles. The molecule has 7 nitrogen and oxygen atoms in total. The van der Waals surface area contributed by atoms with Gasteiger partial charge in [0.1, 0.15) is 6.61 Å². The summed E-state index contributed by atoms with van der Waals surface area (Å²) in [4.78, 5) is 13.6. The number of fused-ring (bicyclic) bond motifs is 1. The molecule has 29 heavy (non-hydrogen) atoms. The first-order valence-electron chi connectivity index (χ1n) is 9.23. The predicted octanol–water partition coefficient (Wildman–Crippen LogP) is 2.95. The van der Waals surface area contributed by atoms with E-state index < -0.39 is 15.8 Å². The maximum absolute atomic E-state index is 14.0. The van der Waals surface area contributed by atoms with Gasteiger partial charge in [0.05, 0.1) is 11.5 Å². The zero-order valence-corrected chi connectivity index (χ0v) is 17.1. The van der Waals surface area contributed by atoms with Crippen molar-refractivity contribution in [1.82, 2.24) is 0 Å². The number of anilines is 2. The molecule has 0 saturated carbocycles. The lowest BCUT2D eigenvalue weighted by Crippen LogP contribution is -2.37. The fourth-order valence-corrected chi connectivity index (χ4v) is 4.32. The van der Waals surface area contributed by atoms with Crippen LogP contribution >= 0.6 is 0 Å². The van der Waals surface area contributed by atoms with Gasteiger partial charge >= 0.3 is 0 Å². The highest BCUT2D eigenvalue weighted by Gasteiger charge is 2.23. The summed E-state index contributed by atoms with van der Waals surface area (Å²) in [5, 5.41) is 0. The molecular weight excluding hydrogens is 399 g/mol. The average Bonchev–Trinajstić information content (AvgIpc) is 2.69. The molecule has 0 unspecified atom stereocenters. The third-order valence-electron chi connectivity index (χ3n) is 4.53. The van der Waals surface area contributed by atoms with Crippen molar-refractivity contribution < 1.29 is 27.1 Å². The molecular formula is C20H23FN2O5S. The van der Waals surface area contributed by atoms with Crippen LogP contribution in [-0.4, -0.2) is 41.2 Å². The van der Waals surface area contributed by atoms with Gasteiger partial charge in [0.2, 0.25) is 0 Å². The molecule has 1 aliphatic heterocycles. The quantitative estimate of drug-likeness (QED) is 0.742. The van der Waals surface area contributed by atoms with Gasteiger partial charge in [-0.05, 0) is 61.7 Å². The molecule has 156 valence electrons. The Kier molecular flexibility index (Phi) is 6.39. The lowest BCUT2D eigenvalue weighted by molar-refractivity contribution is -0.122. The van der Waals surface area contributed by atoms with E-state index in [4.69, 9.17) is 9.47 Å². The number of benzene rings is 2. The molecule has 1 amide bonds. The second-order valence-corrected chi connectivity index (χ2v) is 8.24. The normalized spacial score (nSPS) is 13.7. The van der Waals surface area contributed by atoms with Crippen molar-refractivity contribution in [2.24, 2.45) is 0 Å². The number of rotatable bonds is 7. The van der Waals surface area contributed by atoms with Gasteiger partial charge in [0, 0.05) is 25.0 Å². The summed E-state index contributed by atoms with van der Waals surface area (Å²) in [5.41, 5.74) is 1.95. The SMILES string of the molecule is CCOc1ccc(S(=O)(=O)Nc2ccc3c(c2)CCCN3C(=O)COC)cc1F. The van der Waals surface area contributed by atoms with Crippen LogP contribution in [-0.2, 0) is 26.0 Å². The number of aryl methyl sites for hydroxylation is 1. The Balaban J connectivity index is 1.83. The number of nitrogens with one attached hydrogen (secondary N) is 1. The fourth-order valence-electron chi connectivity index (χ4n) is 3.26. The Labute approximate surface area is 169 Å². The minimum Gasteiger partial charge on any atom is -0.491 e. The topological polar surface area (TPSA) is 84.9 Å². The highest BCUT2D eigenvalue weighted by atomic mass is 32.2. The molecule has 0 radical (unpaired) electrons. The maximum Gasteiger partial charge on any atom is 0.262 e. The van der Waals surface area contributed by atoms with E-state index in [0.29, 0.717) is 12.2 Å². The first-order valence-corrected chi connectivity index (χ1v) is 10.7. The Morgan fingerprint density at radius 3 is 2.72 bits per heavy atom. The standard InChI is InChI=1S/C20H23FN2O5S/c1-3-28-19-9-7-16(12-17(19)21)29(25,26)22-15-6-8-18-14(11-15)5-4-10-23(18)20(24)13-27-2/h6-9,11-12,22H,3-5,10,13H2,1-2H3. The van der Waals surface area contributed by atoms with Crippen LogP contribution < -0.4 is 14.4 Å². The number of nitrogens with zero attached hydrogens (tertiary/aromatic N) is 1. The molecule has 1 aliphatic rings. The number of carbonyl (C=O) groups is 1. The molecule has 9 heteroatoms. The number of ether oxygens (including phenoxy) is 2. The van der Waals surface area contributed by atoms with E-state index >= 15 is 0 Å². The monoisotopic (exact) mass is 422 g/mol. The summed E-state index contributed by atoms with van der Waals surface area (Å²) in [6.07, 6.45) is 1.49. The molecule has 2 aromatic rings. The number of amides is 1. The van der Waals surface area contributed by atoms with Crippen molar-refractivity contribution in [1.29, 1.82) is 0 Å². The number of hydrogen-bond acceptors (Lipinski definition) is 5. The lowest BCUT2D eigenvalue weighted by atomic mass is 10.0. The summed E-state index contributed by atoms with van der Waals surface area (Å²) in [6.45, 7) is 2.56. The molecule has 3 rings (SSSR count). The Morgan fingerprint density at radius 1 is 1.24 bits per heavy atom. The lowest BCUT2D eigenvalue weighted by Gasteiger charge is -2.29. The van der Waals surface area contributed by atoms with E-state index in [1.54, 1.807) is 30.0 Å². The van der Waals surface area contributed by atoms with Crippen molar-refractivity contribution in [2.75, 3.05) is 36.5 Å². The highest BCUT2D eigenvalue weighted by molar-refractivity contribution is 7.92. The van der Waals surface area contributed by atoms with Gasteiger partial charge in [0.25, 0.3) is 15.9 Å². The molecule has 0 spiro atoms. The first-order chi connectivity index (χ1) is 13.9. The van der Waals surface area contributed by atoms with E-state index in [1.807, 2.05) is 0 Å². The molecule has 1 N–H and O–H groups in total. The zero-order valence-electron chi connectivity index (χ0n) is 16.3. The summed E-state index contributed by atoms with van der Waals surface area (Å²) in [6, 6.07) is 8.50. The third kappa shape index (κ3) is 4.68. The first kappa shape index (κ1) is 21.1. The predicted molar refractivity (Wildman–Crippen MR) is 107 cm³/mol. The number of carbonyl (C=O) groups excluding carboxylic acids is 1. The second-order valence-electron chi connectivity index (χ2n) is 6.56. The minimum atomic E-state index is -3.98. The third-order valence-corrected chi connectivity index (χ3v) is 5.91. The smallest absolute Gasteiger partial charge is 0.262 e. The van der Waals surface area contributed by atoms with Gasteiger partial charge in [0.15, 0.2) is 11.6 Å². The van der Waals surface area contributed by atoms with Crippen LogP contribution in [0, 0.1) is 5.82 Å². The van der Waals surface area contributed by atoms with Gasteiger partial charge in [-0.2, -0.15) is 0 Å². The molecule has 0 saturated heterocycles. The number of hydrogen-bond donors (Lipinski definition) is 1. The van der Waals surface area contributed by atoms with E-state index in [0.717, 1.165) is 30.2 Å². The molecule has 0 aliphatic carbocycles. The summed E-state index contributed by atoms with van der Waals surface area (Å²) in [5.74, 6) is -0.889. The van der Waals surface area contributed by atoms with Gasteiger partial charge in [-0.25, -0.2) is 12.8 Å². The van der Waals surface area contributed by atoms with Crippen molar-refractivity contribution >= 4 is 27.3 Å². The largest absolute Gasteiger partial charge is 0.491 e. The Morgan fingerprint density at radius 2 is 2.03 bits per heavy atom. The average molecular weight is 422 g/mol. The summed E-state index contributed by atoms with van der Waals surface area (Å²) in [7, 11) is -2.52. The van der Waals surface area contributed by atoms with E-state index in [-0.39, 0.29) is 29.8 Å². The van der Waals surface area contributed by atoms with Crippen LogP contribution in [0.25, 0.3) is 0 Å². The van der Waals surface area contributed by atoms with Crippen LogP contribution in [0.2, 0.25) is 0 Å². The van der Waals surface area contributed by atoms with Crippen molar-refractivity contribution in [3.8, 4) is 5.75 Å². The number of sulfonamides is 1. The van der Waals surface area contributed by atoms with Gasteiger partial charge < -0.3 is 14.4 Å². The van der Waals surface area contributed by atoms with Crippen LogP contribution in [0.3, 0.4) is 0 Å². The Bertz CT molecular complexity index is 1010. The van der Waals surface area contributed by atoms with Gasteiger partial charge in [-0.1, -0.05) is 0 Å². The van der Waals surface area contributed by atoms with Crippen molar-refractivity contribution in [3.05, 3.63) is 47.8 Å². The summed E-state index contributed by atoms with van der Waals surface area (Å²) < 4.78 is 51.8. The van der Waals surface area contributed by atoms with Crippen LogP contribution in [0.1, 0.15) is 18.9 Å². The van der Waals surface area contributed by atoms with Crippen molar-refractivity contribution in [3.63, 3.8) is 0 Å². The fraction of sp³-hybridized carbons (Fsp3) is 0.350. The molecule has 0 bridgehead atoms. The van der Waals surface area contributed by atoms with Crippen LogP contribution in [0.5, 0.6) is 5.75 Å². The molecule has 1 heterocycles. The highest BCUT2D eigenvalue weighted by Crippen LogP contribution is 2.31. The number of halogens is 1. The number of methoxy groups -OCH3 is 1. The van der Waals surface area contributed by atoms with Crippen LogP contribution in [0.15, 0.2) is 41.3 Å². The zero-order chi connectivity index (χ0) is 21.0. The second kappa shape index (κ2) is 8.79.